The second-order valence-electron chi connectivity index (χ2n) is 5.15. The van der Waals surface area contributed by atoms with Crippen LogP contribution in [-0.4, -0.2) is 25.7 Å². The Morgan fingerprint density at radius 3 is 2.89 bits per heavy atom. The minimum atomic E-state index is -0.341. The van der Waals surface area contributed by atoms with Gasteiger partial charge in [0.25, 0.3) is 0 Å². The minimum absolute atomic E-state index is 0.158. The lowest BCUT2D eigenvalue weighted by Gasteiger charge is -2.22. The fraction of sp³-hybridized carbons (Fsp3) is 0.500. The molecule has 1 aromatic carbocycles. The van der Waals surface area contributed by atoms with Crippen LogP contribution in [0.25, 0.3) is 0 Å². The summed E-state index contributed by atoms with van der Waals surface area (Å²) < 4.78 is 5.16. The van der Waals surface area contributed by atoms with Crippen LogP contribution in [0.5, 0.6) is 0 Å². The maximum atomic E-state index is 11.6. The molecule has 0 saturated carbocycles. The summed E-state index contributed by atoms with van der Waals surface area (Å²) in [5.41, 5.74) is 1.16. The molecule has 2 N–H and O–H groups in total. The van der Waals surface area contributed by atoms with Crippen molar-refractivity contribution in [1.82, 2.24) is 10.6 Å². The first kappa shape index (κ1) is 12.9. The van der Waals surface area contributed by atoms with Crippen LogP contribution in [0.3, 0.4) is 0 Å². The number of amides is 1. The standard InChI is InChI=1S/C14H20N2O2/c1-14(7-8-15-10-14)11-16-13(17)18-9-12-5-3-2-4-6-12/h2-6,15H,7-11H2,1H3,(H,16,17). The van der Waals surface area contributed by atoms with Gasteiger partial charge < -0.3 is 15.4 Å². The molecule has 1 unspecified atom stereocenters. The van der Waals surface area contributed by atoms with Gasteiger partial charge >= 0.3 is 6.09 Å². The Labute approximate surface area is 108 Å². The topological polar surface area (TPSA) is 50.4 Å². The Hall–Kier alpha value is -1.55. The summed E-state index contributed by atoms with van der Waals surface area (Å²) in [4.78, 5) is 11.6. The molecule has 98 valence electrons. The molecule has 1 aliphatic heterocycles. The molecule has 1 aromatic rings. The number of hydrogen-bond acceptors (Lipinski definition) is 3. The van der Waals surface area contributed by atoms with E-state index in [9.17, 15) is 4.79 Å². The summed E-state index contributed by atoms with van der Waals surface area (Å²) in [5, 5.41) is 6.14. The summed E-state index contributed by atoms with van der Waals surface area (Å²) in [6, 6.07) is 9.69. The Morgan fingerprint density at radius 1 is 1.44 bits per heavy atom. The molecule has 0 aromatic heterocycles. The smallest absolute Gasteiger partial charge is 0.407 e. The third kappa shape index (κ3) is 3.74. The number of carbonyl (C=O) groups excluding carboxylic acids is 1. The Balaban J connectivity index is 1.69. The van der Waals surface area contributed by atoms with E-state index in [-0.39, 0.29) is 11.5 Å². The summed E-state index contributed by atoms with van der Waals surface area (Å²) in [6.07, 6.45) is 0.748. The lowest BCUT2D eigenvalue weighted by atomic mass is 9.90. The first-order valence-corrected chi connectivity index (χ1v) is 6.33. The number of benzene rings is 1. The molecular formula is C14H20N2O2. The third-order valence-corrected chi connectivity index (χ3v) is 3.33. The molecule has 0 aliphatic carbocycles. The molecule has 2 rings (SSSR count). The maximum Gasteiger partial charge on any atom is 0.407 e. The molecule has 1 atom stereocenters. The van der Waals surface area contributed by atoms with Gasteiger partial charge in [-0.05, 0) is 23.9 Å². The van der Waals surface area contributed by atoms with Crippen molar-refractivity contribution in [2.75, 3.05) is 19.6 Å². The molecule has 0 bridgehead atoms. The second kappa shape index (κ2) is 5.87. The van der Waals surface area contributed by atoms with Gasteiger partial charge in [0.05, 0.1) is 0 Å². The van der Waals surface area contributed by atoms with Crippen molar-refractivity contribution in [2.24, 2.45) is 5.41 Å². The van der Waals surface area contributed by atoms with E-state index in [1.54, 1.807) is 0 Å². The number of carbonyl (C=O) groups is 1. The van der Waals surface area contributed by atoms with Crippen LogP contribution in [0.1, 0.15) is 18.9 Å². The summed E-state index contributed by atoms with van der Waals surface area (Å²) in [6.45, 7) is 5.13. The zero-order valence-corrected chi connectivity index (χ0v) is 10.7. The number of nitrogens with one attached hydrogen (secondary N) is 2. The van der Waals surface area contributed by atoms with Crippen LogP contribution in [0.2, 0.25) is 0 Å². The van der Waals surface area contributed by atoms with Gasteiger partial charge in [0.1, 0.15) is 6.61 Å². The van der Waals surface area contributed by atoms with E-state index in [4.69, 9.17) is 4.74 Å². The van der Waals surface area contributed by atoms with E-state index in [1.807, 2.05) is 30.3 Å². The highest BCUT2D eigenvalue weighted by Crippen LogP contribution is 2.22. The molecule has 4 heteroatoms. The van der Waals surface area contributed by atoms with Crippen molar-refractivity contribution in [3.05, 3.63) is 35.9 Å². The van der Waals surface area contributed by atoms with Gasteiger partial charge in [0.2, 0.25) is 0 Å². The van der Waals surface area contributed by atoms with Crippen LogP contribution in [0.15, 0.2) is 30.3 Å². The Kier molecular flexibility index (Phi) is 4.20. The zero-order chi connectivity index (χ0) is 12.8. The van der Waals surface area contributed by atoms with Gasteiger partial charge in [0, 0.05) is 13.1 Å². The van der Waals surface area contributed by atoms with Gasteiger partial charge in [-0.3, -0.25) is 0 Å². The van der Waals surface area contributed by atoms with Crippen LogP contribution in [0, 0.1) is 5.41 Å². The fourth-order valence-corrected chi connectivity index (χ4v) is 2.08. The quantitative estimate of drug-likeness (QED) is 0.855. The first-order chi connectivity index (χ1) is 8.68. The van der Waals surface area contributed by atoms with E-state index in [2.05, 4.69) is 17.6 Å². The van der Waals surface area contributed by atoms with E-state index in [0.29, 0.717) is 13.2 Å². The SMILES string of the molecule is CC1(CNC(=O)OCc2ccccc2)CCNC1. The van der Waals surface area contributed by atoms with Gasteiger partial charge in [-0.2, -0.15) is 0 Å². The van der Waals surface area contributed by atoms with Crippen LogP contribution in [0.4, 0.5) is 4.79 Å². The fourth-order valence-electron chi connectivity index (χ4n) is 2.08. The predicted molar refractivity (Wildman–Crippen MR) is 70.2 cm³/mol. The molecular weight excluding hydrogens is 228 g/mol. The van der Waals surface area contributed by atoms with Crippen molar-refractivity contribution in [1.29, 1.82) is 0 Å². The van der Waals surface area contributed by atoms with Crippen molar-refractivity contribution in [2.45, 2.75) is 20.0 Å². The number of rotatable bonds is 4. The second-order valence-corrected chi connectivity index (χ2v) is 5.15. The van der Waals surface area contributed by atoms with E-state index in [1.165, 1.54) is 0 Å². The molecule has 18 heavy (non-hydrogen) atoms. The lowest BCUT2D eigenvalue weighted by Crippen LogP contribution is -2.37. The third-order valence-electron chi connectivity index (χ3n) is 3.33. The number of hydrogen-bond donors (Lipinski definition) is 2. The Morgan fingerprint density at radius 2 is 2.22 bits per heavy atom. The van der Waals surface area contributed by atoms with E-state index in [0.717, 1.165) is 25.1 Å². The zero-order valence-electron chi connectivity index (χ0n) is 10.7. The summed E-state index contributed by atoms with van der Waals surface area (Å²) in [7, 11) is 0. The van der Waals surface area contributed by atoms with Gasteiger partial charge in [-0.15, -0.1) is 0 Å². The molecule has 4 nitrogen and oxygen atoms in total. The highest BCUT2D eigenvalue weighted by molar-refractivity contribution is 5.67. The van der Waals surface area contributed by atoms with Crippen LogP contribution in [-0.2, 0) is 11.3 Å². The highest BCUT2D eigenvalue weighted by atomic mass is 16.5. The largest absolute Gasteiger partial charge is 0.445 e. The van der Waals surface area contributed by atoms with Crippen LogP contribution < -0.4 is 10.6 Å². The maximum absolute atomic E-state index is 11.6. The average Bonchev–Trinajstić information content (AvgIpc) is 2.83. The normalized spacial score (nSPS) is 22.7. The molecule has 0 radical (unpaired) electrons. The van der Waals surface area contributed by atoms with Gasteiger partial charge in [-0.25, -0.2) is 4.79 Å². The van der Waals surface area contributed by atoms with Crippen molar-refractivity contribution >= 4 is 6.09 Å². The molecule has 0 spiro atoms. The van der Waals surface area contributed by atoms with Crippen molar-refractivity contribution < 1.29 is 9.53 Å². The highest BCUT2D eigenvalue weighted by Gasteiger charge is 2.28. The first-order valence-electron chi connectivity index (χ1n) is 6.33. The van der Waals surface area contributed by atoms with Gasteiger partial charge in [0.15, 0.2) is 0 Å². The monoisotopic (exact) mass is 248 g/mol. The Bertz CT molecular complexity index is 386. The summed E-state index contributed by atoms with van der Waals surface area (Å²) in [5.74, 6) is 0. The summed E-state index contributed by atoms with van der Waals surface area (Å²) >= 11 is 0. The number of alkyl carbamates (subject to hydrolysis) is 1. The average molecular weight is 248 g/mol. The van der Waals surface area contributed by atoms with Crippen LogP contribution >= 0.6 is 0 Å². The van der Waals surface area contributed by atoms with Crippen molar-refractivity contribution in [3.8, 4) is 0 Å². The molecule has 1 saturated heterocycles. The van der Waals surface area contributed by atoms with Gasteiger partial charge in [-0.1, -0.05) is 37.3 Å². The molecule has 1 heterocycles. The van der Waals surface area contributed by atoms with Crippen molar-refractivity contribution in [3.63, 3.8) is 0 Å². The molecule has 1 fully saturated rings. The molecule has 1 aliphatic rings. The lowest BCUT2D eigenvalue weighted by molar-refractivity contribution is 0.135. The molecule has 1 amide bonds. The minimum Gasteiger partial charge on any atom is -0.445 e. The van der Waals surface area contributed by atoms with E-state index >= 15 is 0 Å². The van der Waals surface area contributed by atoms with E-state index < -0.39 is 0 Å². The predicted octanol–water partition coefficient (Wildman–Crippen LogP) is 1.91. The number of ether oxygens (including phenoxy) is 1.